The van der Waals surface area contributed by atoms with Gasteiger partial charge >= 0.3 is 30.5 Å². The summed E-state index contributed by atoms with van der Waals surface area (Å²) in [5.74, 6) is 0. The van der Waals surface area contributed by atoms with Gasteiger partial charge in [0.25, 0.3) is 0 Å². The Morgan fingerprint density at radius 1 is 0.778 bits per heavy atom. The number of rotatable bonds is 0. The second kappa shape index (κ2) is 11.0. The predicted octanol–water partition coefficient (Wildman–Crippen LogP) is -5.47. The first-order valence-corrected chi connectivity index (χ1v) is 4.07. The zero-order chi connectivity index (χ0) is 4.50. The van der Waals surface area contributed by atoms with Crippen molar-refractivity contribution in [3.05, 3.63) is 0 Å². The molecule has 0 aliphatic heterocycles. The van der Waals surface area contributed by atoms with E-state index in [-0.39, 0.29) is 21.9 Å². The molecule has 0 spiro atoms. The Kier molecular flexibility index (Phi) is 43.4. The van der Waals surface area contributed by atoms with Crippen LogP contribution in [0.4, 0.5) is 0 Å². The van der Waals surface area contributed by atoms with Gasteiger partial charge in [-0.25, -0.2) is 0 Å². The Bertz CT molecular complexity index is 50.7. The number of hydrogen-bond acceptors (Lipinski definition) is 1. The van der Waals surface area contributed by atoms with Crippen LogP contribution in [-0.2, 0) is 3.74 Å². The van der Waals surface area contributed by atoms with Crippen molar-refractivity contribution in [1.29, 1.82) is 0 Å². The average Bonchev–Trinajstić information content (AvgIpc) is 0.722. The van der Waals surface area contributed by atoms with Crippen LogP contribution in [0.15, 0.2) is 0 Å². The zero-order valence-electron chi connectivity index (χ0n) is 4.20. The molecule has 0 heterocycles. The number of hydrogen-bond donors (Lipinski definition) is 3. The molecule has 0 aromatic rings. The van der Waals surface area contributed by atoms with Crippen molar-refractivity contribution >= 4 is 14.5 Å². The molecule has 0 bridgehead atoms. The zero-order valence-corrected chi connectivity index (χ0v) is 6.07. The quantitative estimate of drug-likeness (QED) is 0.337. The van der Waals surface area contributed by atoms with E-state index in [0.717, 1.165) is 0 Å². The Balaban J connectivity index is -0.0000000133. The van der Waals surface area contributed by atoms with Gasteiger partial charge in [0.05, 0.1) is 0 Å². The Morgan fingerprint density at radius 3 is 0.778 bits per heavy atom. The standard InChI is InChI=1S/AsH3O4.4H2O/c2-1(3,4)5;;;;/h(H3,2,3,4,5);4*1H2. The molecular formula is H11AsO8. The maximum atomic E-state index is 8.94. The second-order valence-electron chi connectivity index (χ2n) is 0.513. The molecule has 0 rings (SSSR count). The van der Waals surface area contributed by atoms with Crippen LogP contribution in [0.5, 0.6) is 0 Å². The summed E-state index contributed by atoms with van der Waals surface area (Å²) in [6, 6.07) is 0. The second-order valence-corrected chi connectivity index (χ2v) is 2.67. The summed E-state index contributed by atoms with van der Waals surface area (Å²) < 4.78 is 30.7. The van der Waals surface area contributed by atoms with E-state index in [1.807, 2.05) is 0 Å². The summed E-state index contributed by atoms with van der Waals surface area (Å²) in [5.41, 5.74) is 0. The molecule has 0 unspecified atom stereocenters. The van der Waals surface area contributed by atoms with Crippen molar-refractivity contribution in [3.8, 4) is 0 Å². The van der Waals surface area contributed by atoms with Gasteiger partial charge < -0.3 is 21.9 Å². The van der Waals surface area contributed by atoms with E-state index in [1.165, 1.54) is 0 Å². The van der Waals surface area contributed by atoms with Gasteiger partial charge in [-0.1, -0.05) is 0 Å². The van der Waals surface area contributed by atoms with Crippen LogP contribution < -0.4 is 0 Å². The SMILES string of the molecule is O.O.O.O.O=[As](O)(O)O. The first-order valence-electron chi connectivity index (χ1n) is 0.783. The normalized spacial score (nSPS) is 6.56. The molecule has 0 saturated heterocycles. The van der Waals surface area contributed by atoms with Crippen molar-refractivity contribution in [2.24, 2.45) is 0 Å². The minimum absolute atomic E-state index is 0. The van der Waals surface area contributed by atoms with Crippen LogP contribution in [-0.4, -0.2) is 48.7 Å². The summed E-state index contributed by atoms with van der Waals surface area (Å²) in [6.07, 6.45) is 0. The first kappa shape index (κ1) is 35.6. The van der Waals surface area contributed by atoms with E-state index in [4.69, 9.17) is 16.0 Å². The van der Waals surface area contributed by atoms with E-state index in [9.17, 15) is 0 Å². The van der Waals surface area contributed by atoms with Gasteiger partial charge in [-0.05, 0) is 0 Å². The first-order chi connectivity index (χ1) is 2.00. The van der Waals surface area contributed by atoms with Crippen molar-refractivity contribution in [1.82, 2.24) is 0 Å². The van der Waals surface area contributed by atoms with E-state index < -0.39 is 14.5 Å². The summed E-state index contributed by atoms with van der Waals surface area (Å²) >= 11 is -5.12. The molecule has 64 valence electrons. The fourth-order valence-electron chi connectivity index (χ4n) is 0. The van der Waals surface area contributed by atoms with Crippen LogP contribution >= 0.6 is 0 Å². The molecule has 9 heteroatoms. The predicted molar refractivity (Wildman–Crippen MR) is 27.6 cm³/mol. The molecule has 0 aliphatic rings. The Morgan fingerprint density at radius 2 is 0.778 bits per heavy atom. The van der Waals surface area contributed by atoms with Crippen LogP contribution in [0.3, 0.4) is 0 Å². The van der Waals surface area contributed by atoms with Crippen molar-refractivity contribution in [2.75, 3.05) is 0 Å². The van der Waals surface area contributed by atoms with Gasteiger partial charge in [-0.2, -0.15) is 0 Å². The molecule has 0 amide bonds. The Labute approximate surface area is 53.3 Å². The molecule has 0 aromatic heterocycles. The maximum absolute atomic E-state index is 8.94. The third-order valence-electron chi connectivity index (χ3n) is 0. The summed E-state index contributed by atoms with van der Waals surface area (Å²) in [5, 5.41) is 0. The van der Waals surface area contributed by atoms with E-state index >= 15 is 0 Å². The summed E-state index contributed by atoms with van der Waals surface area (Å²) in [7, 11) is 0. The van der Waals surface area contributed by atoms with Gasteiger partial charge in [-0.3, -0.25) is 0 Å². The molecule has 0 radical (unpaired) electrons. The summed E-state index contributed by atoms with van der Waals surface area (Å²) in [4.78, 5) is 0. The van der Waals surface area contributed by atoms with E-state index in [0.29, 0.717) is 0 Å². The van der Waals surface area contributed by atoms with Gasteiger partial charge in [-0.15, -0.1) is 0 Å². The molecule has 9 heavy (non-hydrogen) atoms. The van der Waals surface area contributed by atoms with Crippen LogP contribution in [0.2, 0.25) is 0 Å². The molecule has 0 aliphatic carbocycles. The molecule has 0 fully saturated rings. The molecule has 0 saturated carbocycles. The van der Waals surface area contributed by atoms with E-state index in [2.05, 4.69) is 0 Å². The van der Waals surface area contributed by atoms with E-state index in [1.54, 1.807) is 0 Å². The third kappa shape index (κ3) is 48500. The topological polar surface area (TPSA) is 204 Å². The van der Waals surface area contributed by atoms with Crippen molar-refractivity contribution < 1.29 is 37.9 Å². The Hall–Kier alpha value is 0.0784. The van der Waals surface area contributed by atoms with Gasteiger partial charge in [0, 0.05) is 0 Å². The molecular weight excluding hydrogens is 203 g/mol. The van der Waals surface area contributed by atoms with Gasteiger partial charge in [0.1, 0.15) is 0 Å². The monoisotopic (exact) mass is 214 g/mol. The fourth-order valence-corrected chi connectivity index (χ4v) is 0. The molecule has 0 aromatic carbocycles. The molecule has 0 atom stereocenters. The average molecular weight is 214 g/mol. The van der Waals surface area contributed by atoms with Crippen LogP contribution in [0.1, 0.15) is 0 Å². The molecule has 8 nitrogen and oxygen atoms in total. The van der Waals surface area contributed by atoms with Crippen LogP contribution in [0.25, 0.3) is 0 Å². The van der Waals surface area contributed by atoms with Gasteiger partial charge in [0.2, 0.25) is 0 Å². The van der Waals surface area contributed by atoms with Gasteiger partial charge in [0.15, 0.2) is 0 Å². The van der Waals surface area contributed by atoms with Crippen molar-refractivity contribution in [3.63, 3.8) is 0 Å². The van der Waals surface area contributed by atoms with Crippen molar-refractivity contribution in [2.45, 2.75) is 0 Å². The molecule has 11 N–H and O–H groups in total. The third-order valence-corrected chi connectivity index (χ3v) is 0. The van der Waals surface area contributed by atoms with Crippen LogP contribution in [0, 0.1) is 0 Å². The summed E-state index contributed by atoms with van der Waals surface area (Å²) in [6.45, 7) is 0. The minimum atomic E-state index is -5.12. The fraction of sp³-hybridized carbons (Fsp3) is 0.